The molecule has 0 spiro atoms. The maximum atomic E-state index is 13.0. The molecule has 0 bridgehead atoms. The van der Waals surface area contributed by atoms with Crippen molar-refractivity contribution >= 4 is 17.9 Å². The molecule has 0 N–H and O–H groups in total. The first-order chi connectivity index (χ1) is 39.5. The number of carbonyl (C=O) groups excluding carboxylic acids is 3. The normalized spacial score (nSPS) is 12.1. The fourth-order valence-corrected chi connectivity index (χ4v) is 11.2. The summed E-state index contributed by atoms with van der Waals surface area (Å²) in [6.07, 6.45) is 85.0. The van der Waals surface area contributed by atoms with E-state index in [4.69, 9.17) is 14.2 Å². The Morgan fingerprint density at radius 2 is 0.412 bits per heavy atom. The van der Waals surface area contributed by atoms with Crippen molar-refractivity contribution < 1.29 is 28.6 Å². The third-order valence-corrected chi connectivity index (χ3v) is 16.7. The van der Waals surface area contributed by atoms with Gasteiger partial charge in [0.15, 0.2) is 6.10 Å². The Labute approximate surface area is 500 Å². The molecule has 0 aliphatic heterocycles. The molecule has 0 aliphatic rings. The molecule has 0 radical (unpaired) electrons. The zero-order valence-corrected chi connectivity index (χ0v) is 54.4. The number of ether oxygens (including phenoxy) is 3. The van der Waals surface area contributed by atoms with E-state index < -0.39 is 6.10 Å². The minimum Gasteiger partial charge on any atom is -0.462 e. The monoisotopic (exact) mass is 1130 g/mol. The highest BCUT2D eigenvalue weighted by Crippen LogP contribution is 2.19. The van der Waals surface area contributed by atoms with Crippen molar-refractivity contribution in [2.45, 2.75) is 419 Å². The third-order valence-electron chi connectivity index (χ3n) is 16.7. The Bertz CT molecular complexity index is 1290. The standard InChI is InChI=1S/C74H140O6/c1-4-7-10-13-16-19-22-25-28-31-33-35-36-37-38-40-41-43-46-49-52-55-58-61-64-67-73(76)79-70-71(69-78-72(75)66-63-60-57-54-51-48-45-30-27-24-21-18-15-12-9-6-3)80-74(77)68-65-62-59-56-53-50-47-44-42-39-34-32-29-26-23-20-17-14-11-8-5-2/h30,32,34,45,71H,4-29,31,33,35-44,46-70H2,1-3H3/b34-32-,45-30-. The predicted octanol–water partition coefficient (Wildman–Crippen LogP) is 25.0. The van der Waals surface area contributed by atoms with Gasteiger partial charge >= 0.3 is 17.9 Å². The molecule has 0 heterocycles. The zero-order chi connectivity index (χ0) is 57.8. The van der Waals surface area contributed by atoms with Crippen LogP contribution in [-0.2, 0) is 28.6 Å². The molecule has 0 saturated heterocycles. The van der Waals surface area contributed by atoms with Crippen molar-refractivity contribution in [2.75, 3.05) is 13.2 Å². The first-order valence-electron chi connectivity index (χ1n) is 36.3. The lowest BCUT2D eigenvalue weighted by Gasteiger charge is -2.18. The van der Waals surface area contributed by atoms with Crippen LogP contribution in [0.25, 0.3) is 0 Å². The molecular weight excluding hydrogens is 985 g/mol. The van der Waals surface area contributed by atoms with Gasteiger partial charge in [0, 0.05) is 19.3 Å². The summed E-state index contributed by atoms with van der Waals surface area (Å²) in [6.45, 7) is 6.72. The first kappa shape index (κ1) is 77.9. The summed E-state index contributed by atoms with van der Waals surface area (Å²) in [5.74, 6) is -0.847. The van der Waals surface area contributed by atoms with E-state index >= 15 is 0 Å². The molecule has 0 amide bonds. The van der Waals surface area contributed by atoms with Gasteiger partial charge in [0.05, 0.1) is 0 Å². The second kappa shape index (κ2) is 69.4. The van der Waals surface area contributed by atoms with Crippen molar-refractivity contribution in [1.82, 2.24) is 0 Å². The van der Waals surface area contributed by atoms with Crippen molar-refractivity contribution in [3.8, 4) is 0 Å². The maximum Gasteiger partial charge on any atom is 0.306 e. The van der Waals surface area contributed by atoms with Crippen LogP contribution in [0.15, 0.2) is 24.3 Å². The molecule has 0 aromatic rings. The number of hydrogen-bond donors (Lipinski definition) is 0. The maximum absolute atomic E-state index is 13.0. The fourth-order valence-electron chi connectivity index (χ4n) is 11.2. The summed E-state index contributed by atoms with van der Waals surface area (Å²) >= 11 is 0. The molecule has 0 aliphatic carbocycles. The van der Waals surface area contributed by atoms with Crippen molar-refractivity contribution in [1.29, 1.82) is 0 Å². The van der Waals surface area contributed by atoms with Crippen LogP contribution in [0.5, 0.6) is 0 Å². The molecule has 0 aromatic heterocycles. The predicted molar refractivity (Wildman–Crippen MR) is 349 cm³/mol. The number of rotatable bonds is 68. The van der Waals surface area contributed by atoms with Gasteiger partial charge in [-0.3, -0.25) is 14.4 Å². The molecule has 6 nitrogen and oxygen atoms in total. The lowest BCUT2D eigenvalue weighted by molar-refractivity contribution is -0.167. The molecule has 0 fully saturated rings. The Morgan fingerprint density at radius 1 is 0.237 bits per heavy atom. The van der Waals surface area contributed by atoms with Crippen LogP contribution in [0, 0.1) is 0 Å². The average molecular weight is 1130 g/mol. The van der Waals surface area contributed by atoms with E-state index in [0.717, 1.165) is 64.2 Å². The van der Waals surface area contributed by atoms with Gasteiger partial charge in [-0.1, -0.05) is 347 Å². The van der Waals surface area contributed by atoms with Gasteiger partial charge in [-0.25, -0.2) is 0 Å². The molecule has 0 saturated carbocycles. The number of unbranched alkanes of at least 4 members (excludes halogenated alkanes) is 53. The summed E-state index contributed by atoms with van der Waals surface area (Å²) < 4.78 is 17.0. The number of carbonyl (C=O) groups is 3. The minimum absolute atomic E-state index is 0.0691. The van der Waals surface area contributed by atoms with Crippen LogP contribution in [0.2, 0.25) is 0 Å². The Kier molecular flexibility index (Phi) is 67.6. The molecule has 0 aromatic carbocycles. The van der Waals surface area contributed by atoms with Crippen LogP contribution >= 0.6 is 0 Å². The van der Waals surface area contributed by atoms with Crippen molar-refractivity contribution in [2.24, 2.45) is 0 Å². The highest BCUT2D eigenvalue weighted by Gasteiger charge is 2.19. The number of allylic oxidation sites excluding steroid dienone is 4. The van der Waals surface area contributed by atoms with Gasteiger partial charge < -0.3 is 14.2 Å². The van der Waals surface area contributed by atoms with Crippen LogP contribution in [0.4, 0.5) is 0 Å². The van der Waals surface area contributed by atoms with E-state index in [1.807, 2.05) is 0 Å². The van der Waals surface area contributed by atoms with Crippen LogP contribution in [0.1, 0.15) is 412 Å². The van der Waals surface area contributed by atoms with E-state index in [2.05, 4.69) is 45.1 Å². The van der Waals surface area contributed by atoms with Gasteiger partial charge in [-0.15, -0.1) is 0 Å². The van der Waals surface area contributed by atoms with Gasteiger partial charge in [-0.2, -0.15) is 0 Å². The van der Waals surface area contributed by atoms with E-state index in [-0.39, 0.29) is 31.1 Å². The summed E-state index contributed by atoms with van der Waals surface area (Å²) in [7, 11) is 0. The second-order valence-corrected chi connectivity index (χ2v) is 24.9. The Morgan fingerprint density at radius 3 is 0.625 bits per heavy atom. The molecule has 0 rings (SSSR count). The van der Waals surface area contributed by atoms with Gasteiger partial charge in [-0.05, 0) is 70.6 Å². The van der Waals surface area contributed by atoms with Gasteiger partial charge in [0.1, 0.15) is 13.2 Å². The van der Waals surface area contributed by atoms with Crippen LogP contribution in [0.3, 0.4) is 0 Å². The topological polar surface area (TPSA) is 78.9 Å². The number of esters is 3. The van der Waals surface area contributed by atoms with Gasteiger partial charge in [0.2, 0.25) is 0 Å². The molecular formula is C74H140O6. The molecule has 6 heteroatoms. The average Bonchev–Trinajstić information content (AvgIpc) is 3.46. The summed E-state index contributed by atoms with van der Waals surface area (Å²) in [4.78, 5) is 38.5. The second-order valence-electron chi connectivity index (χ2n) is 24.9. The Balaban J connectivity index is 4.27. The number of hydrogen-bond acceptors (Lipinski definition) is 6. The minimum atomic E-state index is -0.774. The lowest BCUT2D eigenvalue weighted by Crippen LogP contribution is -2.30. The molecule has 472 valence electrons. The summed E-state index contributed by atoms with van der Waals surface area (Å²) in [5.41, 5.74) is 0. The van der Waals surface area contributed by atoms with Crippen LogP contribution < -0.4 is 0 Å². The van der Waals surface area contributed by atoms with Crippen molar-refractivity contribution in [3.63, 3.8) is 0 Å². The van der Waals surface area contributed by atoms with E-state index in [9.17, 15) is 14.4 Å². The van der Waals surface area contributed by atoms with Crippen molar-refractivity contribution in [3.05, 3.63) is 24.3 Å². The highest BCUT2D eigenvalue weighted by atomic mass is 16.6. The molecule has 80 heavy (non-hydrogen) atoms. The van der Waals surface area contributed by atoms with E-state index in [1.165, 1.54) is 308 Å². The fraction of sp³-hybridized carbons (Fsp3) is 0.905. The lowest BCUT2D eigenvalue weighted by atomic mass is 10.0. The van der Waals surface area contributed by atoms with Crippen LogP contribution in [-0.4, -0.2) is 37.2 Å². The summed E-state index contributed by atoms with van der Waals surface area (Å²) in [6, 6.07) is 0. The first-order valence-corrected chi connectivity index (χ1v) is 36.3. The largest absolute Gasteiger partial charge is 0.462 e. The SMILES string of the molecule is CCCCCCCCC/C=C\CCCCCCCC(=O)OCC(COC(=O)CCCCCCCCCCCCCCCCCCCCCCCCCCC)OC(=O)CCCCCCCCCCC/C=C\CCCCCCCCCC. The highest BCUT2D eigenvalue weighted by molar-refractivity contribution is 5.71. The van der Waals surface area contributed by atoms with E-state index in [1.54, 1.807) is 0 Å². The molecule has 1 atom stereocenters. The zero-order valence-electron chi connectivity index (χ0n) is 54.4. The summed E-state index contributed by atoms with van der Waals surface area (Å²) in [5, 5.41) is 0. The smallest absolute Gasteiger partial charge is 0.306 e. The third kappa shape index (κ3) is 66.7. The Hall–Kier alpha value is -2.11. The quantitative estimate of drug-likeness (QED) is 0.0261. The van der Waals surface area contributed by atoms with Gasteiger partial charge in [0.25, 0.3) is 0 Å². The van der Waals surface area contributed by atoms with E-state index in [0.29, 0.717) is 19.3 Å². The molecule has 1 unspecified atom stereocenters.